The molecule has 1 aliphatic carbocycles. The van der Waals surface area contributed by atoms with Crippen LogP contribution in [0.25, 0.3) is 0 Å². The summed E-state index contributed by atoms with van der Waals surface area (Å²) in [4.78, 5) is 0. The van der Waals surface area contributed by atoms with E-state index in [1.54, 1.807) is 0 Å². The van der Waals surface area contributed by atoms with E-state index in [0.29, 0.717) is 5.92 Å². The van der Waals surface area contributed by atoms with E-state index in [-0.39, 0.29) is 5.41 Å². The van der Waals surface area contributed by atoms with Gasteiger partial charge in [-0.05, 0) is 43.5 Å². The molecule has 2 atom stereocenters. The molecule has 1 spiro atoms. The van der Waals surface area contributed by atoms with Crippen molar-refractivity contribution in [2.24, 2.45) is 11.7 Å². The largest absolute Gasteiger partial charge is 0.493 e. The molecule has 0 amide bonds. The van der Waals surface area contributed by atoms with Crippen molar-refractivity contribution >= 4 is 11.6 Å². The van der Waals surface area contributed by atoms with Gasteiger partial charge >= 0.3 is 0 Å². The van der Waals surface area contributed by atoms with E-state index >= 15 is 0 Å². The van der Waals surface area contributed by atoms with Gasteiger partial charge in [-0.15, -0.1) is 0 Å². The molecule has 0 radical (unpaired) electrons. The van der Waals surface area contributed by atoms with E-state index in [2.05, 4.69) is 0 Å². The minimum absolute atomic E-state index is 0.285. The molecular formula is C12H14ClNO. The van der Waals surface area contributed by atoms with Crippen LogP contribution in [0, 0.1) is 5.92 Å². The quantitative estimate of drug-likeness (QED) is 0.793. The van der Waals surface area contributed by atoms with Crippen molar-refractivity contribution in [2.75, 3.05) is 13.2 Å². The molecule has 0 bridgehead atoms. The van der Waals surface area contributed by atoms with Crippen molar-refractivity contribution in [1.29, 1.82) is 0 Å². The van der Waals surface area contributed by atoms with E-state index in [9.17, 15) is 0 Å². The lowest BCUT2D eigenvalue weighted by Gasteiger charge is -2.27. The van der Waals surface area contributed by atoms with Crippen molar-refractivity contribution < 1.29 is 4.74 Å². The fourth-order valence-electron chi connectivity index (χ4n) is 2.82. The average Bonchev–Trinajstić information content (AvgIpc) is 2.94. The number of hydrogen-bond donors (Lipinski definition) is 1. The lowest BCUT2D eigenvalue weighted by atomic mass is 9.87. The van der Waals surface area contributed by atoms with E-state index in [4.69, 9.17) is 22.1 Å². The Kier molecular flexibility index (Phi) is 1.98. The Labute approximate surface area is 94.4 Å². The Morgan fingerprint density at radius 3 is 3.13 bits per heavy atom. The van der Waals surface area contributed by atoms with Gasteiger partial charge in [-0.25, -0.2) is 0 Å². The second kappa shape index (κ2) is 3.13. The normalized spacial score (nSPS) is 32.3. The lowest BCUT2D eigenvalue weighted by molar-refractivity contribution is 0.254. The molecule has 15 heavy (non-hydrogen) atoms. The van der Waals surface area contributed by atoms with E-state index in [0.717, 1.165) is 30.3 Å². The van der Waals surface area contributed by atoms with Crippen molar-refractivity contribution in [1.82, 2.24) is 0 Å². The molecule has 1 aromatic rings. The highest BCUT2D eigenvalue weighted by Gasteiger charge is 2.56. The zero-order valence-electron chi connectivity index (χ0n) is 8.50. The van der Waals surface area contributed by atoms with E-state index in [1.165, 1.54) is 12.0 Å². The smallest absolute Gasteiger partial charge is 0.123 e. The van der Waals surface area contributed by atoms with E-state index < -0.39 is 0 Å². The molecule has 2 aliphatic rings. The summed E-state index contributed by atoms with van der Waals surface area (Å²) in [6.07, 6.45) is 2.28. The molecule has 2 unspecified atom stereocenters. The van der Waals surface area contributed by atoms with Gasteiger partial charge in [0, 0.05) is 16.0 Å². The van der Waals surface area contributed by atoms with E-state index in [1.807, 2.05) is 18.2 Å². The third-order valence-electron chi connectivity index (χ3n) is 3.80. The summed E-state index contributed by atoms with van der Waals surface area (Å²) in [5.74, 6) is 1.63. The van der Waals surface area contributed by atoms with Crippen LogP contribution >= 0.6 is 11.6 Å². The molecule has 1 aromatic carbocycles. The number of halogens is 1. The van der Waals surface area contributed by atoms with Gasteiger partial charge in [-0.2, -0.15) is 0 Å². The number of fused-ring (bicyclic) bond motifs is 2. The summed E-state index contributed by atoms with van der Waals surface area (Å²) in [6, 6.07) is 5.91. The molecule has 1 aliphatic heterocycles. The van der Waals surface area contributed by atoms with Crippen LogP contribution in [0.1, 0.15) is 18.4 Å². The maximum absolute atomic E-state index is 6.04. The summed E-state index contributed by atoms with van der Waals surface area (Å²) in [5, 5.41) is 0.793. The second-order valence-corrected chi connectivity index (χ2v) is 4.97. The first-order valence-corrected chi connectivity index (χ1v) is 5.77. The van der Waals surface area contributed by atoms with Crippen LogP contribution in [0.5, 0.6) is 5.75 Å². The maximum Gasteiger partial charge on any atom is 0.123 e. The standard InChI is InChI=1S/C12H14ClNO/c13-9-1-2-11-10(5-9)12(3-4-15-11)6-8(12)7-14/h1-2,5,8H,3-4,6-7,14H2. The first kappa shape index (κ1) is 9.49. The van der Waals surface area contributed by atoms with Crippen LogP contribution in [0.2, 0.25) is 5.02 Å². The Balaban J connectivity index is 2.07. The van der Waals surface area contributed by atoms with Crippen LogP contribution in [-0.2, 0) is 5.41 Å². The van der Waals surface area contributed by atoms with Gasteiger partial charge in [0.05, 0.1) is 6.61 Å². The lowest BCUT2D eigenvalue weighted by Crippen LogP contribution is -2.24. The van der Waals surface area contributed by atoms with Crippen molar-refractivity contribution in [3.63, 3.8) is 0 Å². The fraction of sp³-hybridized carbons (Fsp3) is 0.500. The topological polar surface area (TPSA) is 35.2 Å². The number of benzene rings is 1. The van der Waals surface area contributed by atoms with Crippen molar-refractivity contribution in [2.45, 2.75) is 18.3 Å². The van der Waals surface area contributed by atoms with Crippen LogP contribution in [0.15, 0.2) is 18.2 Å². The first-order chi connectivity index (χ1) is 7.26. The summed E-state index contributed by atoms with van der Waals surface area (Å²) in [5.41, 5.74) is 7.32. The molecule has 3 rings (SSSR count). The van der Waals surface area contributed by atoms with Crippen LogP contribution in [0.3, 0.4) is 0 Å². The van der Waals surface area contributed by atoms with Crippen molar-refractivity contribution in [3.05, 3.63) is 28.8 Å². The number of nitrogens with two attached hydrogens (primary N) is 1. The van der Waals surface area contributed by atoms with Gasteiger partial charge in [0.1, 0.15) is 5.75 Å². The average molecular weight is 224 g/mol. The van der Waals surface area contributed by atoms with Crippen LogP contribution in [0.4, 0.5) is 0 Å². The van der Waals surface area contributed by atoms with Gasteiger partial charge in [0.15, 0.2) is 0 Å². The molecule has 3 heteroatoms. The SMILES string of the molecule is NCC1CC12CCOc1ccc(Cl)cc12. The zero-order valence-corrected chi connectivity index (χ0v) is 9.26. The predicted molar refractivity (Wildman–Crippen MR) is 60.4 cm³/mol. The molecule has 1 heterocycles. The maximum atomic E-state index is 6.04. The minimum atomic E-state index is 0.285. The third kappa shape index (κ3) is 1.28. The van der Waals surface area contributed by atoms with Gasteiger partial charge in [-0.1, -0.05) is 11.6 Å². The molecule has 2 N–H and O–H groups in total. The number of ether oxygens (including phenoxy) is 1. The number of hydrogen-bond acceptors (Lipinski definition) is 2. The van der Waals surface area contributed by atoms with Crippen LogP contribution in [-0.4, -0.2) is 13.2 Å². The molecule has 1 fully saturated rings. The molecular weight excluding hydrogens is 210 g/mol. The third-order valence-corrected chi connectivity index (χ3v) is 4.04. The minimum Gasteiger partial charge on any atom is -0.493 e. The fourth-order valence-corrected chi connectivity index (χ4v) is 2.99. The molecule has 80 valence electrons. The van der Waals surface area contributed by atoms with Gasteiger partial charge < -0.3 is 10.5 Å². The highest BCUT2D eigenvalue weighted by Crippen LogP contribution is 2.60. The summed E-state index contributed by atoms with van der Waals surface area (Å²) in [6.45, 7) is 1.58. The number of rotatable bonds is 1. The highest BCUT2D eigenvalue weighted by atomic mass is 35.5. The Bertz CT molecular complexity index is 407. The predicted octanol–water partition coefficient (Wildman–Crippen LogP) is 2.34. The highest BCUT2D eigenvalue weighted by molar-refractivity contribution is 6.30. The van der Waals surface area contributed by atoms with Crippen LogP contribution < -0.4 is 10.5 Å². The first-order valence-electron chi connectivity index (χ1n) is 5.39. The van der Waals surface area contributed by atoms with Gasteiger partial charge in [-0.3, -0.25) is 0 Å². The van der Waals surface area contributed by atoms with Gasteiger partial charge in [0.25, 0.3) is 0 Å². The molecule has 0 saturated heterocycles. The summed E-state index contributed by atoms with van der Waals surface area (Å²) < 4.78 is 5.65. The summed E-state index contributed by atoms with van der Waals surface area (Å²) in [7, 11) is 0. The molecule has 2 nitrogen and oxygen atoms in total. The van der Waals surface area contributed by atoms with Gasteiger partial charge in [0.2, 0.25) is 0 Å². The Hall–Kier alpha value is -0.730. The molecule has 1 saturated carbocycles. The molecule has 0 aromatic heterocycles. The Morgan fingerprint density at radius 1 is 1.53 bits per heavy atom. The summed E-state index contributed by atoms with van der Waals surface area (Å²) >= 11 is 6.04. The Morgan fingerprint density at radius 2 is 2.40 bits per heavy atom. The second-order valence-electron chi connectivity index (χ2n) is 4.53. The van der Waals surface area contributed by atoms with Crippen molar-refractivity contribution in [3.8, 4) is 5.75 Å². The zero-order chi connectivity index (χ0) is 10.5. The monoisotopic (exact) mass is 223 g/mol.